The fraction of sp³-hybridized carbons (Fsp3) is 0.400. The quantitative estimate of drug-likeness (QED) is 0.725. The Hall–Kier alpha value is -1.72. The topological polar surface area (TPSA) is 48.4 Å². The van der Waals surface area contributed by atoms with Crippen molar-refractivity contribution in [3.8, 4) is 5.88 Å². The zero-order valence-electron chi connectivity index (χ0n) is 8.65. The third kappa shape index (κ3) is 4.20. The van der Waals surface area contributed by atoms with Crippen molar-refractivity contribution in [2.45, 2.75) is 20.0 Å². The molecule has 0 amide bonds. The summed E-state index contributed by atoms with van der Waals surface area (Å²) in [5, 5.41) is 0. The van der Waals surface area contributed by atoms with Gasteiger partial charge in [0.15, 0.2) is 0 Å². The minimum atomic E-state index is -2.90. The molecule has 0 radical (unpaired) electrons. The number of ether oxygens (including phenoxy) is 2. The van der Waals surface area contributed by atoms with Crippen LogP contribution in [0.3, 0.4) is 0 Å². The van der Waals surface area contributed by atoms with Crippen LogP contribution in [0.5, 0.6) is 5.88 Å². The summed E-state index contributed by atoms with van der Waals surface area (Å²) in [5.41, 5.74) is 0.583. The number of rotatable bonds is 5. The summed E-state index contributed by atoms with van der Waals surface area (Å²) in [6.45, 7) is -0.891. The normalized spacial score (nSPS) is 10.2. The Bertz CT molecular complexity index is 340. The zero-order valence-corrected chi connectivity index (χ0v) is 8.65. The number of hydrogen-bond acceptors (Lipinski definition) is 4. The molecule has 0 aliphatic rings. The molecular formula is C10H11F2NO3. The Kier molecular flexibility index (Phi) is 4.63. The van der Waals surface area contributed by atoms with Gasteiger partial charge in [0.05, 0.1) is 13.0 Å². The largest absolute Gasteiger partial charge is 0.466 e. The summed E-state index contributed by atoms with van der Waals surface area (Å²) >= 11 is 0. The zero-order chi connectivity index (χ0) is 12.0. The van der Waals surface area contributed by atoms with Crippen molar-refractivity contribution in [2.24, 2.45) is 0 Å². The fourth-order valence-corrected chi connectivity index (χ4v) is 1.06. The molecule has 0 atom stereocenters. The first-order valence-corrected chi connectivity index (χ1v) is 4.67. The van der Waals surface area contributed by atoms with Crippen LogP contribution in [0, 0.1) is 0 Å². The summed E-state index contributed by atoms with van der Waals surface area (Å²) in [6, 6.07) is 2.77. The molecule has 0 saturated carbocycles. The van der Waals surface area contributed by atoms with Crippen LogP contribution < -0.4 is 4.74 Å². The lowest BCUT2D eigenvalue weighted by Crippen LogP contribution is -2.08. The number of esters is 1. The highest BCUT2D eigenvalue weighted by Gasteiger charge is 2.07. The molecule has 1 aromatic rings. The van der Waals surface area contributed by atoms with Gasteiger partial charge in [-0.2, -0.15) is 8.78 Å². The Morgan fingerprint density at radius 2 is 2.25 bits per heavy atom. The molecule has 0 aliphatic carbocycles. The summed E-state index contributed by atoms with van der Waals surface area (Å²) in [4.78, 5) is 14.7. The fourth-order valence-electron chi connectivity index (χ4n) is 1.06. The average Bonchev–Trinajstić information content (AvgIpc) is 2.20. The maximum atomic E-state index is 11.8. The molecule has 0 aliphatic heterocycles. The number of carbonyl (C=O) groups is 1. The highest BCUT2D eigenvalue weighted by atomic mass is 19.3. The van der Waals surface area contributed by atoms with Gasteiger partial charge in [-0.05, 0) is 12.5 Å². The maximum Gasteiger partial charge on any atom is 0.388 e. The van der Waals surface area contributed by atoms with Crippen molar-refractivity contribution in [3.63, 3.8) is 0 Å². The molecular weight excluding hydrogens is 220 g/mol. The van der Waals surface area contributed by atoms with E-state index in [1.165, 1.54) is 18.3 Å². The van der Waals surface area contributed by atoms with E-state index in [2.05, 4.69) is 9.72 Å². The van der Waals surface area contributed by atoms with Crippen molar-refractivity contribution < 1.29 is 23.0 Å². The van der Waals surface area contributed by atoms with Crippen molar-refractivity contribution >= 4 is 5.97 Å². The molecule has 0 spiro atoms. The molecule has 0 bridgehead atoms. The van der Waals surface area contributed by atoms with E-state index in [0.717, 1.165) is 0 Å². The van der Waals surface area contributed by atoms with Gasteiger partial charge < -0.3 is 9.47 Å². The van der Waals surface area contributed by atoms with E-state index in [4.69, 9.17) is 4.74 Å². The van der Waals surface area contributed by atoms with Crippen LogP contribution in [0.25, 0.3) is 0 Å². The lowest BCUT2D eigenvalue weighted by atomic mass is 10.2. The third-order valence-corrected chi connectivity index (χ3v) is 1.66. The van der Waals surface area contributed by atoms with Crippen molar-refractivity contribution in [3.05, 3.63) is 23.9 Å². The number of aromatic nitrogens is 1. The first kappa shape index (κ1) is 12.4. The number of nitrogens with zero attached hydrogens (tertiary/aromatic N) is 1. The van der Waals surface area contributed by atoms with E-state index in [0.29, 0.717) is 12.2 Å². The molecule has 0 aromatic carbocycles. The number of halogens is 2. The first-order valence-electron chi connectivity index (χ1n) is 4.67. The second-order valence-corrected chi connectivity index (χ2v) is 2.86. The molecule has 1 heterocycles. The maximum absolute atomic E-state index is 11.8. The standard InChI is InChI=1S/C10H11F2NO3/c1-2-15-9(14)5-7-3-4-8(13-6-7)16-10(11)12/h3-4,6,10H,2,5H2,1H3. The predicted molar refractivity (Wildman–Crippen MR) is 51.2 cm³/mol. The van der Waals surface area contributed by atoms with Gasteiger partial charge in [-0.1, -0.05) is 6.07 Å². The van der Waals surface area contributed by atoms with E-state index in [-0.39, 0.29) is 18.3 Å². The van der Waals surface area contributed by atoms with Gasteiger partial charge in [-0.25, -0.2) is 4.98 Å². The van der Waals surface area contributed by atoms with E-state index < -0.39 is 6.61 Å². The third-order valence-electron chi connectivity index (χ3n) is 1.66. The van der Waals surface area contributed by atoms with Gasteiger partial charge in [0, 0.05) is 12.3 Å². The number of pyridine rings is 1. The highest BCUT2D eigenvalue weighted by molar-refractivity contribution is 5.72. The smallest absolute Gasteiger partial charge is 0.388 e. The van der Waals surface area contributed by atoms with Gasteiger partial charge in [0.1, 0.15) is 0 Å². The SMILES string of the molecule is CCOC(=O)Cc1ccc(OC(F)F)nc1. The number of alkyl halides is 2. The summed E-state index contributed by atoms with van der Waals surface area (Å²) < 4.78 is 32.4. The monoisotopic (exact) mass is 231 g/mol. The lowest BCUT2D eigenvalue weighted by Gasteiger charge is -2.04. The molecule has 6 heteroatoms. The Morgan fingerprint density at radius 3 is 2.75 bits per heavy atom. The van der Waals surface area contributed by atoms with Gasteiger partial charge in [0.2, 0.25) is 5.88 Å². The molecule has 1 aromatic heterocycles. The van der Waals surface area contributed by atoms with Crippen LogP contribution in [-0.2, 0) is 16.0 Å². The molecule has 16 heavy (non-hydrogen) atoms. The van der Waals surface area contributed by atoms with Crippen molar-refractivity contribution in [1.29, 1.82) is 0 Å². The molecule has 0 N–H and O–H groups in total. The van der Waals surface area contributed by atoms with Crippen LogP contribution >= 0.6 is 0 Å². The van der Waals surface area contributed by atoms with Crippen LogP contribution in [0.15, 0.2) is 18.3 Å². The van der Waals surface area contributed by atoms with Crippen LogP contribution in [0.1, 0.15) is 12.5 Å². The van der Waals surface area contributed by atoms with Crippen LogP contribution in [-0.4, -0.2) is 24.2 Å². The van der Waals surface area contributed by atoms with E-state index >= 15 is 0 Å². The summed E-state index contributed by atoms with van der Waals surface area (Å²) in [5.74, 6) is -0.561. The molecule has 0 saturated heterocycles. The second-order valence-electron chi connectivity index (χ2n) is 2.86. The van der Waals surface area contributed by atoms with Gasteiger partial charge in [-0.15, -0.1) is 0 Å². The molecule has 4 nitrogen and oxygen atoms in total. The van der Waals surface area contributed by atoms with Crippen molar-refractivity contribution in [1.82, 2.24) is 4.98 Å². The Balaban J connectivity index is 2.54. The van der Waals surface area contributed by atoms with Crippen molar-refractivity contribution in [2.75, 3.05) is 6.61 Å². The number of hydrogen-bond donors (Lipinski definition) is 0. The van der Waals surface area contributed by atoms with E-state index in [1.54, 1.807) is 6.92 Å². The van der Waals surface area contributed by atoms with Gasteiger partial charge >= 0.3 is 12.6 Å². The molecule has 1 rings (SSSR count). The minimum absolute atomic E-state index is 0.0653. The lowest BCUT2D eigenvalue weighted by molar-refractivity contribution is -0.142. The van der Waals surface area contributed by atoms with Gasteiger partial charge in [0.25, 0.3) is 0 Å². The molecule has 0 fully saturated rings. The molecule has 88 valence electrons. The van der Waals surface area contributed by atoms with Crippen LogP contribution in [0.4, 0.5) is 8.78 Å². The predicted octanol–water partition coefficient (Wildman–Crippen LogP) is 1.79. The molecule has 0 unspecified atom stereocenters. The highest BCUT2D eigenvalue weighted by Crippen LogP contribution is 2.11. The Morgan fingerprint density at radius 1 is 1.50 bits per heavy atom. The Labute approximate surface area is 91.2 Å². The summed E-state index contributed by atoms with van der Waals surface area (Å²) in [6.07, 6.45) is 1.37. The van der Waals surface area contributed by atoms with E-state index in [9.17, 15) is 13.6 Å². The average molecular weight is 231 g/mol. The first-order chi connectivity index (χ1) is 7.61. The number of carbonyl (C=O) groups excluding carboxylic acids is 1. The van der Waals surface area contributed by atoms with E-state index in [1.807, 2.05) is 0 Å². The van der Waals surface area contributed by atoms with Gasteiger partial charge in [-0.3, -0.25) is 4.79 Å². The van der Waals surface area contributed by atoms with Crippen LogP contribution in [0.2, 0.25) is 0 Å². The second kappa shape index (κ2) is 5.99. The summed E-state index contributed by atoms with van der Waals surface area (Å²) in [7, 11) is 0. The minimum Gasteiger partial charge on any atom is -0.466 e.